The topological polar surface area (TPSA) is 58.4 Å². The van der Waals surface area contributed by atoms with Gasteiger partial charge in [-0.1, -0.05) is 12.2 Å². The summed E-state index contributed by atoms with van der Waals surface area (Å²) in [6.07, 6.45) is 0. The Kier molecular flexibility index (Phi) is 5.76. The standard InChI is InChI=1S/C14H21N3OS/c1-4-17(5-2)12-8-6-11(7-9-12)16-14(18)10(3)13(15)19/h6-10H,4-5H2,1-3H3,(H2,15,19)(H,16,18). The summed E-state index contributed by atoms with van der Waals surface area (Å²) in [6, 6.07) is 7.76. The fraction of sp³-hybridized carbons (Fsp3) is 0.429. The van der Waals surface area contributed by atoms with Gasteiger partial charge in [0, 0.05) is 24.5 Å². The van der Waals surface area contributed by atoms with Gasteiger partial charge in [-0.2, -0.15) is 0 Å². The fourth-order valence-corrected chi connectivity index (χ4v) is 1.83. The molecule has 0 aliphatic heterocycles. The number of nitrogens with one attached hydrogen (secondary N) is 1. The van der Waals surface area contributed by atoms with Crippen LogP contribution in [-0.4, -0.2) is 24.0 Å². The van der Waals surface area contributed by atoms with E-state index >= 15 is 0 Å². The second-order valence-corrected chi connectivity index (χ2v) is 4.80. The predicted molar refractivity (Wildman–Crippen MR) is 84.6 cm³/mol. The van der Waals surface area contributed by atoms with Gasteiger partial charge in [-0.25, -0.2) is 0 Å². The zero-order chi connectivity index (χ0) is 14.4. The summed E-state index contributed by atoms with van der Waals surface area (Å²) < 4.78 is 0. The van der Waals surface area contributed by atoms with Gasteiger partial charge in [-0.05, 0) is 45.0 Å². The highest BCUT2D eigenvalue weighted by Crippen LogP contribution is 2.18. The van der Waals surface area contributed by atoms with Crippen molar-refractivity contribution < 1.29 is 4.79 Å². The number of carbonyl (C=O) groups excluding carboxylic acids is 1. The first kappa shape index (κ1) is 15.4. The van der Waals surface area contributed by atoms with Crippen LogP contribution in [0.25, 0.3) is 0 Å². The largest absolute Gasteiger partial charge is 0.393 e. The molecule has 1 rings (SSSR count). The van der Waals surface area contributed by atoms with Gasteiger partial charge in [-0.15, -0.1) is 0 Å². The molecular weight excluding hydrogens is 258 g/mol. The Balaban J connectivity index is 2.72. The van der Waals surface area contributed by atoms with E-state index in [2.05, 4.69) is 24.1 Å². The average Bonchev–Trinajstić information content (AvgIpc) is 2.41. The number of hydrogen-bond donors (Lipinski definition) is 2. The Bertz CT molecular complexity index is 441. The van der Waals surface area contributed by atoms with Crippen LogP contribution in [0.5, 0.6) is 0 Å². The molecule has 1 aromatic rings. The highest BCUT2D eigenvalue weighted by atomic mass is 32.1. The maximum atomic E-state index is 11.8. The first-order valence-corrected chi connectivity index (χ1v) is 6.85. The zero-order valence-electron chi connectivity index (χ0n) is 11.6. The summed E-state index contributed by atoms with van der Waals surface area (Å²) in [4.78, 5) is 14.2. The Morgan fingerprint density at radius 2 is 1.84 bits per heavy atom. The third kappa shape index (κ3) is 4.21. The van der Waals surface area contributed by atoms with Crippen LogP contribution in [0.15, 0.2) is 24.3 Å². The van der Waals surface area contributed by atoms with E-state index < -0.39 is 5.92 Å². The number of benzene rings is 1. The van der Waals surface area contributed by atoms with E-state index in [1.165, 1.54) is 0 Å². The minimum atomic E-state index is -0.461. The maximum absolute atomic E-state index is 11.8. The lowest BCUT2D eigenvalue weighted by Gasteiger charge is -2.21. The SMILES string of the molecule is CCN(CC)c1ccc(NC(=O)C(C)C(N)=S)cc1. The number of carbonyl (C=O) groups is 1. The van der Waals surface area contributed by atoms with Crippen molar-refractivity contribution in [2.45, 2.75) is 20.8 Å². The normalized spacial score (nSPS) is 11.7. The molecule has 0 heterocycles. The summed E-state index contributed by atoms with van der Waals surface area (Å²) in [6.45, 7) is 7.84. The number of rotatable bonds is 6. The molecule has 3 N–H and O–H groups in total. The van der Waals surface area contributed by atoms with Crippen LogP contribution in [0.2, 0.25) is 0 Å². The quantitative estimate of drug-likeness (QED) is 0.785. The summed E-state index contributed by atoms with van der Waals surface area (Å²) in [7, 11) is 0. The van der Waals surface area contributed by atoms with E-state index in [0.29, 0.717) is 0 Å². The predicted octanol–water partition coefficient (Wildman–Crippen LogP) is 2.39. The van der Waals surface area contributed by atoms with Gasteiger partial charge in [0.15, 0.2) is 0 Å². The molecule has 0 fully saturated rings. The van der Waals surface area contributed by atoms with Crippen molar-refractivity contribution in [1.29, 1.82) is 0 Å². The first-order chi connectivity index (χ1) is 8.99. The van der Waals surface area contributed by atoms with Gasteiger partial charge in [0.2, 0.25) is 5.91 Å². The second kappa shape index (κ2) is 7.09. The molecule has 0 aromatic heterocycles. The maximum Gasteiger partial charge on any atom is 0.234 e. The highest BCUT2D eigenvalue weighted by Gasteiger charge is 2.15. The van der Waals surface area contributed by atoms with Gasteiger partial charge >= 0.3 is 0 Å². The van der Waals surface area contributed by atoms with Crippen LogP contribution in [0.4, 0.5) is 11.4 Å². The second-order valence-electron chi connectivity index (χ2n) is 4.33. The number of nitrogens with zero attached hydrogens (tertiary/aromatic N) is 1. The van der Waals surface area contributed by atoms with E-state index in [0.717, 1.165) is 24.5 Å². The average molecular weight is 279 g/mol. The zero-order valence-corrected chi connectivity index (χ0v) is 12.5. The third-order valence-electron chi connectivity index (χ3n) is 3.08. The van der Waals surface area contributed by atoms with Gasteiger partial charge in [0.05, 0.1) is 10.9 Å². The Morgan fingerprint density at radius 1 is 1.32 bits per heavy atom. The van der Waals surface area contributed by atoms with Crippen molar-refractivity contribution in [3.8, 4) is 0 Å². The lowest BCUT2D eigenvalue weighted by Crippen LogP contribution is -2.30. The number of anilines is 2. The molecule has 1 aromatic carbocycles. The van der Waals surface area contributed by atoms with Crippen LogP contribution < -0.4 is 16.0 Å². The molecule has 1 amide bonds. The smallest absolute Gasteiger partial charge is 0.234 e. The van der Waals surface area contributed by atoms with Crippen molar-refractivity contribution >= 4 is 34.5 Å². The Hall–Kier alpha value is -1.62. The van der Waals surface area contributed by atoms with E-state index in [9.17, 15) is 4.79 Å². The molecule has 0 radical (unpaired) electrons. The lowest BCUT2D eigenvalue weighted by atomic mass is 10.1. The lowest BCUT2D eigenvalue weighted by molar-refractivity contribution is -0.117. The van der Waals surface area contributed by atoms with Gasteiger partial charge in [-0.3, -0.25) is 4.79 Å². The van der Waals surface area contributed by atoms with Crippen molar-refractivity contribution in [3.05, 3.63) is 24.3 Å². The van der Waals surface area contributed by atoms with Crippen molar-refractivity contribution in [2.24, 2.45) is 11.7 Å². The third-order valence-corrected chi connectivity index (χ3v) is 3.44. The number of thiocarbonyl (C=S) groups is 1. The van der Waals surface area contributed by atoms with Crippen LogP contribution in [-0.2, 0) is 4.79 Å². The van der Waals surface area contributed by atoms with Gasteiger partial charge in [0.1, 0.15) is 0 Å². The molecule has 0 saturated carbocycles. The van der Waals surface area contributed by atoms with E-state index in [4.69, 9.17) is 18.0 Å². The molecule has 5 heteroatoms. The molecule has 1 atom stereocenters. The van der Waals surface area contributed by atoms with Crippen LogP contribution in [0, 0.1) is 5.92 Å². The molecule has 0 bridgehead atoms. The molecular formula is C14H21N3OS. The highest BCUT2D eigenvalue weighted by molar-refractivity contribution is 7.80. The molecule has 1 unspecified atom stereocenters. The molecule has 0 spiro atoms. The summed E-state index contributed by atoms with van der Waals surface area (Å²) >= 11 is 4.81. The summed E-state index contributed by atoms with van der Waals surface area (Å²) in [5, 5.41) is 2.80. The van der Waals surface area contributed by atoms with Crippen LogP contribution >= 0.6 is 12.2 Å². The van der Waals surface area contributed by atoms with E-state index in [-0.39, 0.29) is 10.9 Å². The molecule has 0 aliphatic rings. The molecule has 19 heavy (non-hydrogen) atoms. The van der Waals surface area contributed by atoms with E-state index in [1.54, 1.807) is 6.92 Å². The monoisotopic (exact) mass is 279 g/mol. The minimum Gasteiger partial charge on any atom is -0.393 e. The number of nitrogens with two attached hydrogens (primary N) is 1. The molecule has 0 saturated heterocycles. The Morgan fingerprint density at radius 3 is 2.26 bits per heavy atom. The molecule has 0 aliphatic carbocycles. The van der Waals surface area contributed by atoms with Crippen molar-refractivity contribution in [1.82, 2.24) is 0 Å². The molecule has 4 nitrogen and oxygen atoms in total. The van der Waals surface area contributed by atoms with Crippen LogP contribution in [0.3, 0.4) is 0 Å². The number of amides is 1. The Labute approximate surface area is 120 Å². The summed E-state index contributed by atoms with van der Waals surface area (Å²) in [5.74, 6) is -0.638. The van der Waals surface area contributed by atoms with Crippen molar-refractivity contribution in [3.63, 3.8) is 0 Å². The van der Waals surface area contributed by atoms with E-state index in [1.807, 2.05) is 24.3 Å². The minimum absolute atomic E-state index is 0.178. The van der Waals surface area contributed by atoms with Crippen molar-refractivity contribution in [2.75, 3.05) is 23.3 Å². The van der Waals surface area contributed by atoms with Gasteiger partial charge < -0.3 is 16.0 Å². The fourth-order valence-electron chi connectivity index (χ4n) is 1.72. The molecule has 104 valence electrons. The summed E-state index contributed by atoms with van der Waals surface area (Å²) in [5.41, 5.74) is 7.35. The number of hydrogen-bond acceptors (Lipinski definition) is 3. The first-order valence-electron chi connectivity index (χ1n) is 6.44. The van der Waals surface area contributed by atoms with Crippen LogP contribution in [0.1, 0.15) is 20.8 Å². The van der Waals surface area contributed by atoms with Gasteiger partial charge in [0.25, 0.3) is 0 Å².